The maximum absolute atomic E-state index is 13.7. The molecule has 1 rings (SSSR count). The summed E-state index contributed by atoms with van der Waals surface area (Å²) in [5, 5.41) is 8.64. The zero-order valence-electron chi connectivity index (χ0n) is 13.4. The summed E-state index contributed by atoms with van der Waals surface area (Å²) in [6.07, 6.45) is -2.18. The van der Waals surface area contributed by atoms with E-state index in [1.165, 1.54) is 38.1 Å². The van der Waals surface area contributed by atoms with Crippen LogP contribution in [-0.2, 0) is 14.3 Å². The zero-order chi connectivity index (χ0) is 18.5. The van der Waals surface area contributed by atoms with Gasteiger partial charge in [0.15, 0.2) is 6.10 Å². The molecule has 0 bridgehead atoms. The fraction of sp³-hybridized carbons (Fsp3) is 0.438. The number of carbonyl (C=O) groups is 3. The van der Waals surface area contributed by atoms with Crippen molar-refractivity contribution in [2.75, 3.05) is 6.61 Å². The summed E-state index contributed by atoms with van der Waals surface area (Å²) in [6, 6.07) is 5.38. The summed E-state index contributed by atoms with van der Waals surface area (Å²) in [7, 11) is 0. The molecule has 0 fully saturated rings. The predicted molar refractivity (Wildman–Crippen MR) is 79.0 cm³/mol. The van der Waals surface area contributed by atoms with E-state index in [-0.39, 0.29) is 17.7 Å². The van der Waals surface area contributed by atoms with Crippen LogP contribution in [0.2, 0.25) is 0 Å². The lowest BCUT2D eigenvalue weighted by atomic mass is 10.0. The highest BCUT2D eigenvalue weighted by molar-refractivity contribution is 6.03. The lowest BCUT2D eigenvalue weighted by Crippen LogP contribution is -2.47. The number of ether oxygens (including phenoxy) is 2. The van der Waals surface area contributed by atoms with Crippen LogP contribution in [0.3, 0.4) is 0 Å². The fourth-order valence-corrected chi connectivity index (χ4v) is 1.98. The molecule has 1 aromatic rings. The van der Waals surface area contributed by atoms with E-state index in [1.807, 2.05) is 0 Å². The third kappa shape index (κ3) is 4.27. The third-order valence-corrected chi connectivity index (χ3v) is 3.12. The first-order chi connectivity index (χ1) is 11.1. The van der Waals surface area contributed by atoms with E-state index in [4.69, 9.17) is 14.6 Å². The Morgan fingerprint density at radius 1 is 1.12 bits per heavy atom. The molecule has 0 aliphatic rings. The number of carboxylic acid groups (broad SMARTS) is 1. The van der Waals surface area contributed by atoms with Gasteiger partial charge in [0, 0.05) is 0 Å². The molecule has 0 amide bonds. The molecule has 24 heavy (non-hydrogen) atoms. The molecule has 1 N–H and O–H groups in total. The SMILES string of the molecule is CCOC(=O)c1ccccc1C(=O)OC(C(C)C)C(F)(F)C(=O)O. The first-order valence-electron chi connectivity index (χ1n) is 7.21. The molecule has 8 heteroatoms. The number of rotatable bonds is 7. The van der Waals surface area contributed by atoms with Gasteiger partial charge in [-0.15, -0.1) is 0 Å². The molecule has 0 saturated heterocycles. The zero-order valence-corrected chi connectivity index (χ0v) is 13.4. The number of hydrogen-bond acceptors (Lipinski definition) is 5. The summed E-state index contributed by atoms with van der Waals surface area (Å²) in [4.78, 5) is 34.8. The highest BCUT2D eigenvalue weighted by Gasteiger charge is 2.51. The van der Waals surface area contributed by atoms with Crippen LogP contribution in [0.1, 0.15) is 41.5 Å². The molecule has 0 saturated carbocycles. The number of esters is 2. The monoisotopic (exact) mass is 344 g/mol. The van der Waals surface area contributed by atoms with Crippen LogP contribution < -0.4 is 0 Å². The largest absolute Gasteiger partial charge is 0.477 e. The number of carboxylic acids is 1. The van der Waals surface area contributed by atoms with Gasteiger partial charge in [0.05, 0.1) is 17.7 Å². The molecule has 1 atom stereocenters. The number of halogens is 2. The maximum atomic E-state index is 13.7. The average Bonchev–Trinajstić information content (AvgIpc) is 2.51. The molecular formula is C16H18F2O6. The second-order valence-corrected chi connectivity index (χ2v) is 5.26. The van der Waals surface area contributed by atoms with Crippen LogP contribution in [0.25, 0.3) is 0 Å². The molecule has 0 spiro atoms. The molecule has 0 aliphatic carbocycles. The molecule has 0 heterocycles. The van der Waals surface area contributed by atoms with Crippen molar-refractivity contribution in [3.8, 4) is 0 Å². The van der Waals surface area contributed by atoms with Crippen LogP contribution >= 0.6 is 0 Å². The van der Waals surface area contributed by atoms with Crippen LogP contribution in [0, 0.1) is 5.92 Å². The van der Waals surface area contributed by atoms with E-state index in [0.717, 1.165) is 0 Å². The van der Waals surface area contributed by atoms with Gasteiger partial charge in [-0.1, -0.05) is 26.0 Å². The van der Waals surface area contributed by atoms with Crippen molar-refractivity contribution in [2.24, 2.45) is 5.92 Å². The summed E-state index contributed by atoms with van der Waals surface area (Å²) in [5.74, 6) is -9.65. The highest BCUT2D eigenvalue weighted by atomic mass is 19.3. The van der Waals surface area contributed by atoms with Gasteiger partial charge < -0.3 is 14.6 Å². The summed E-state index contributed by atoms with van der Waals surface area (Å²) in [5.41, 5.74) is -0.423. The maximum Gasteiger partial charge on any atom is 0.378 e. The lowest BCUT2D eigenvalue weighted by Gasteiger charge is -2.26. The van der Waals surface area contributed by atoms with E-state index >= 15 is 0 Å². The molecule has 6 nitrogen and oxygen atoms in total. The van der Waals surface area contributed by atoms with Gasteiger partial charge in [0.25, 0.3) is 0 Å². The van der Waals surface area contributed by atoms with Crippen molar-refractivity contribution >= 4 is 17.9 Å². The van der Waals surface area contributed by atoms with Crippen LogP contribution in [-0.4, -0.2) is 41.6 Å². The Morgan fingerprint density at radius 2 is 1.62 bits per heavy atom. The topological polar surface area (TPSA) is 89.9 Å². The molecule has 0 aliphatic heterocycles. The number of aliphatic carboxylic acids is 1. The van der Waals surface area contributed by atoms with Crippen LogP contribution in [0.15, 0.2) is 24.3 Å². The number of carbonyl (C=O) groups excluding carboxylic acids is 2. The minimum absolute atomic E-state index is 0.0634. The minimum atomic E-state index is -4.26. The lowest BCUT2D eigenvalue weighted by molar-refractivity contribution is -0.187. The van der Waals surface area contributed by atoms with Crippen molar-refractivity contribution < 1.29 is 37.7 Å². The van der Waals surface area contributed by atoms with Gasteiger partial charge in [-0.05, 0) is 25.0 Å². The van der Waals surface area contributed by atoms with Gasteiger partial charge in [0.2, 0.25) is 0 Å². The van der Waals surface area contributed by atoms with Gasteiger partial charge >= 0.3 is 23.8 Å². The predicted octanol–water partition coefficient (Wildman–Crippen LogP) is 2.76. The Labute approximate surface area is 137 Å². The van der Waals surface area contributed by atoms with Gasteiger partial charge in [-0.2, -0.15) is 8.78 Å². The smallest absolute Gasteiger partial charge is 0.378 e. The molecule has 1 aromatic carbocycles. The Hall–Kier alpha value is -2.51. The quantitative estimate of drug-likeness (QED) is 0.765. The Bertz CT molecular complexity index is 627. The number of hydrogen-bond donors (Lipinski definition) is 1. The van der Waals surface area contributed by atoms with Crippen molar-refractivity contribution in [1.29, 1.82) is 0 Å². The van der Waals surface area contributed by atoms with Crippen molar-refractivity contribution in [3.05, 3.63) is 35.4 Å². The number of alkyl halides is 2. The van der Waals surface area contributed by atoms with E-state index in [0.29, 0.717) is 0 Å². The van der Waals surface area contributed by atoms with E-state index in [1.54, 1.807) is 6.92 Å². The first kappa shape index (κ1) is 19.5. The third-order valence-electron chi connectivity index (χ3n) is 3.12. The molecular weight excluding hydrogens is 326 g/mol. The van der Waals surface area contributed by atoms with Crippen molar-refractivity contribution in [3.63, 3.8) is 0 Å². The molecule has 0 aromatic heterocycles. The Balaban J connectivity index is 3.14. The normalized spacial score (nSPS) is 12.6. The summed E-state index contributed by atoms with van der Waals surface area (Å²) >= 11 is 0. The van der Waals surface area contributed by atoms with Crippen LogP contribution in [0.5, 0.6) is 0 Å². The van der Waals surface area contributed by atoms with Gasteiger partial charge in [-0.3, -0.25) is 0 Å². The van der Waals surface area contributed by atoms with Gasteiger partial charge in [0.1, 0.15) is 0 Å². The molecule has 1 unspecified atom stereocenters. The first-order valence-corrected chi connectivity index (χ1v) is 7.21. The fourth-order valence-electron chi connectivity index (χ4n) is 1.98. The highest BCUT2D eigenvalue weighted by Crippen LogP contribution is 2.28. The van der Waals surface area contributed by atoms with Crippen molar-refractivity contribution in [2.45, 2.75) is 32.8 Å². The molecule has 132 valence electrons. The van der Waals surface area contributed by atoms with Gasteiger partial charge in [-0.25, -0.2) is 14.4 Å². The summed E-state index contributed by atoms with van der Waals surface area (Å²) in [6.45, 7) is 4.23. The van der Waals surface area contributed by atoms with E-state index in [9.17, 15) is 23.2 Å². The van der Waals surface area contributed by atoms with Crippen molar-refractivity contribution in [1.82, 2.24) is 0 Å². The van der Waals surface area contributed by atoms with E-state index < -0.39 is 35.9 Å². The second kappa shape index (κ2) is 7.85. The average molecular weight is 344 g/mol. The summed E-state index contributed by atoms with van der Waals surface area (Å²) < 4.78 is 37.0. The standard InChI is InChI=1S/C16H18F2O6/c1-4-23-13(19)10-7-5-6-8-11(10)14(20)24-12(9(2)3)16(17,18)15(21)22/h5-9,12H,4H2,1-3H3,(H,21,22). The van der Waals surface area contributed by atoms with Crippen LogP contribution in [0.4, 0.5) is 8.78 Å². The number of benzene rings is 1. The van der Waals surface area contributed by atoms with E-state index in [2.05, 4.69) is 0 Å². The Kier molecular flexibility index (Phi) is 6.39. The second-order valence-electron chi connectivity index (χ2n) is 5.26. The minimum Gasteiger partial charge on any atom is -0.477 e. The Morgan fingerprint density at radius 3 is 2.04 bits per heavy atom. The molecule has 0 radical (unpaired) electrons.